The Balaban J connectivity index is 1.50. The fourth-order valence-electron chi connectivity index (χ4n) is 3.30. The van der Waals surface area contributed by atoms with E-state index < -0.39 is 0 Å². The van der Waals surface area contributed by atoms with Gasteiger partial charge in [-0.1, -0.05) is 0 Å². The van der Waals surface area contributed by atoms with E-state index >= 15 is 0 Å². The SMILES string of the molecule is CN1CC[C@@H](C(=O)NCc2ccnc(OC3CCCC3)c2)CC1=O. The molecule has 6 nitrogen and oxygen atoms in total. The van der Waals surface area contributed by atoms with Crippen LogP contribution in [0.3, 0.4) is 0 Å². The van der Waals surface area contributed by atoms with Crippen LogP contribution < -0.4 is 10.1 Å². The van der Waals surface area contributed by atoms with Gasteiger partial charge in [-0.15, -0.1) is 0 Å². The highest BCUT2D eigenvalue weighted by molar-refractivity contribution is 5.86. The third kappa shape index (κ3) is 4.24. The van der Waals surface area contributed by atoms with E-state index in [0.717, 1.165) is 24.8 Å². The summed E-state index contributed by atoms with van der Waals surface area (Å²) in [7, 11) is 1.78. The quantitative estimate of drug-likeness (QED) is 0.894. The van der Waals surface area contributed by atoms with Gasteiger partial charge in [0, 0.05) is 44.7 Å². The van der Waals surface area contributed by atoms with Gasteiger partial charge in [-0.3, -0.25) is 9.59 Å². The van der Waals surface area contributed by atoms with Crippen molar-refractivity contribution in [1.82, 2.24) is 15.2 Å². The summed E-state index contributed by atoms with van der Waals surface area (Å²) in [4.78, 5) is 29.9. The summed E-state index contributed by atoms with van der Waals surface area (Å²) >= 11 is 0. The zero-order valence-corrected chi connectivity index (χ0v) is 14.2. The minimum absolute atomic E-state index is 0.0394. The number of pyridine rings is 1. The maximum atomic E-state index is 12.3. The third-order valence-corrected chi connectivity index (χ3v) is 4.89. The van der Waals surface area contributed by atoms with Crippen molar-refractivity contribution in [1.29, 1.82) is 0 Å². The van der Waals surface area contributed by atoms with E-state index in [1.54, 1.807) is 18.1 Å². The molecule has 0 spiro atoms. The third-order valence-electron chi connectivity index (χ3n) is 4.89. The second kappa shape index (κ2) is 7.64. The van der Waals surface area contributed by atoms with E-state index in [2.05, 4.69) is 10.3 Å². The zero-order valence-electron chi connectivity index (χ0n) is 14.2. The van der Waals surface area contributed by atoms with Crippen LogP contribution in [0.2, 0.25) is 0 Å². The lowest BCUT2D eigenvalue weighted by molar-refractivity contribution is -0.139. The number of rotatable bonds is 5. The van der Waals surface area contributed by atoms with E-state index in [9.17, 15) is 9.59 Å². The summed E-state index contributed by atoms with van der Waals surface area (Å²) in [6, 6.07) is 3.76. The molecule has 0 bridgehead atoms. The van der Waals surface area contributed by atoms with Gasteiger partial charge in [-0.25, -0.2) is 4.98 Å². The predicted molar refractivity (Wildman–Crippen MR) is 89.3 cm³/mol. The highest BCUT2D eigenvalue weighted by atomic mass is 16.5. The van der Waals surface area contributed by atoms with Gasteiger partial charge in [-0.2, -0.15) is 0 Å². The van der Waals surface area contributed by atoms with Crippen molar-refractivity contribution in [2.45, 2.75) is 51.2 Å². The molecule has 1 atom stereocenters. The van der Waals surface area contributed by atoms with Gasteiger partial charge in [0.05, 0.1) is 0 Å². The largest absolute Gasteiger partial charge is 0.474 e. The topological polar surface area (TPSA) is 71.5 Å². The van der Waals surface area contributed by atoms with Crippen LogP contribution >= 0.6 is 0 Å². The lowest BCUT2D eigenvalue weighted by Crippen LogP contribution is -2.41. The number of carbonyl (C=O) groups is 2. The first-order valence-corrected chi connectivity index (χ1v) is 8.75. The standard InChI is InChI=1S/C18H25N3O3/c1-21-9-7-14(11-17(21)22)18(23)20-12-13-6-8-19-16(10-13)24-15-4-2-3-5-15/h6,8,10,14-15H,2-5,7,9,11-12H2,1H3,(H,20,23)/t14-/m1/s1. The maximum absolute atomic E-state index is 12.3. The van der Waals surface area contributed by atoms with E-state index in [4.69, 9.17) is 4.74 Å². The molecule has 2 heterocycles. The molecule has 0 radical (unpaired) electrons. The minimum Gasteiger partial charge on any atom is -0.474 e. The lowest BCUT2D eigenvalue weighted by Gasteiger charge is -2.27. The van der Waals surface area contributed by atoms with Crippen molar-refractivity contribution in [2.24, 2.45) is 5.92 Å². The Bertz CT molecular complexity index is 599. The molecular formula is C18H25N3O3. The van der Waals surface area contributed by atoms with Gasteiger partial charge in [-0.05, 0) is 43.7 Å². The number of nitrogens with zero attached hydrogens (tertiary/aromatic N) is 2. The molecule has 1 saturated carbocycles. The van der Waals surface area contributed by atoms with Gasteiger partial charge < -0.3 is 15.0 Å². The van der Waals surface area contributed by atoms with Crippen LogP contribution in [0.4, 0.5) is 0 Å². The first kappa shape index (κ1) is 16.7. The Labute approximate surface area is 142 Å². The molecule has 1 saturated heterocycles. The number of carbonyl (C=O) groups excluding carboxylic acids is 2. The van der Waals surface area contributed by atoms with E-state index in [1.165, 1.54) is 12.8 Å². The monoisotopic (exact) mass is 331 g/mol. The average molecular weight is 331 g/mol. The molecule has 1 N–H and O–H groups in total. The molecule has 2 aliphatic rings. The summed E-state index contributed by atoms with van der Waals surface area (Å²) in [5.74, 6) is 0.400. The molecule has 2 amide bonds. The fourth-order valence-corrected chi connectivity index (χ4v) is 3.30. The summed E-state index contributed by atoms with van der Waals surface area (Å²) in [6.07, 6.45) is 7.62. The highest BCUT2D eigenvalue weighted by Gasteiger charge is 2.28. The molecule has 0 unspecified atom stereocenters. The molecule has 3 rings (SSSR count). The molecule has 24 heavy (non-hydrogen) atoms. The fraction of sp³-hybridized carbons (Fsp3) is 0.611. The van der Waals surface area contributed by atoms with Crippen molar-refractivity contribution in [3.05, 3.63) is 23.9 Å². The molecule has 1 aliphatic heterocycles. The molecular weight excluding hydrogens is 306 g/mol. The first-order chi connectivity index (χ1) is 11.6. The lowest BCUT2D eigenvalue weighted by atomic mass is 9.95. The van der Waals surface area contributed by atoms with Crippen LogP contribution in [0.1, 0.15) is 44.1 Å². The average Bonchev–Trinajstić information content (AvgIpc) is 3.08. The number of aromatic nitrogens is 1. The molecule has 6 heteroatoms. The molecule has 1 aromatic rings. The van der Waals surface area contributed by atoms with Gasteiger partial charge in [0.1, 0.15) is 6.10 Å². The van der Waals surface area contributed by atoms with Crippen molar-refractivity contribution >= 4 is 11.8 Å². The van der Waals surface area contributed by atoms with Crippen LogP contribution in [-0.2, 0) is 16.1 Å². The summed E-state index contributed by atoms with van der Waals surface area (Å²) in [5.41, 5.74) is 0.964. The molecule has 2 fully saturated rings. The van der Waals surface area contributed by atoms with Crippen LogP contribution in [0, 0.1) is 5.92 Å². The predicted octanol–water partition coefficient (Wildman–Crippen LogP) is 1.89. The van der Waals surface area contributed by atoms with Gasteiger partial charge in [0.15, 0.2) is 0 Å². The summed E-state index contributed by atoms with van der Waals surface area (Å²) < 4.78 is 5.89. The Morgan fingerprint density at radius 3 is 2.92 bits per heavy atom. The minimum atomic E-state index is -0.218. The maximum Gasteiger partial charge on any atom is 0.223 e. The second-order valence-corrected chi connectivity index (χ2v) is 6.75. The smallest absolute Gasteiger partial charge is 0.223 e. The second-order valence-electron chi connectivity index (χ2n) is 6.75. The molecule has 0 aromatic carbocycles. The number of likely N-dealkylation sites (tertiary alicyclic amines) is 1. The van der Waals surface area contributed by atoms with Crippen molar-refractivity contribution in [2.75, 3.05) is 13.6 Å². The normalized spacial score (nSPS) is 21.8. The molecule has 1 aliphatic carbocycles. The van der Waals surface area contributed by atoms with E-state index in [1.807, 2.05) is 12.1 Å². The number of hydrogen-bond acceptors (Lipinski definition) is 4. The van der Waals surface area contributed by atoms with Crippen LogP contribution in [-0.4, -0.2) is 41.4 Å². The number of hydrogen-bond donors (Lipinski definition) is 1. The Kier molecular flexibility index (Phi) is 5.33. The highest BCUT2D eigenvalue weighted by Crippen LogP contribution is 2.23. The Hall–Kier alpha value is -2.11. The van der Waals surface area contributed by atoms with Crippen molar-refractivity contribution in [3.63, 3.8) is 0 Å². The number of nitrogens with one attached hydrogen (secondary N) is 1. The molecule has 130 valence electrons. The van der Waals surface area contributed by atoms with Gasteiger partial charge in [0.25, 0.3) is 0 Å². The Morgan fingerprint density at radius 1 is 1.38 bits per heavy atom. The van der Waals surface area contributed by atoms with Crippen LogP contribution in [0.15, 0.2) is 18.3 Å². The first-order valence-electron chi connectivity index (χ1n) is 8.75. The van der Waals surface area contributed by atoms with E-state index in [-0.39, 0.29) is 23.8 Å². The number of ether oxygens (including phenoxy) is 1. The van der Waals surface area contributed by atoms with Crippen LogP contribution in [0.5, 0.6) is 5.88 Å². The molecule has 1 aromatic heterocycles. The van der Waals surface area contributed by atoms with Gasteiger partial charge in [0.2, 0.25) is 17.7 Å². The van der Waals surface area contributed by atoms with Crippen molar-refractivity contribution in [3.8, 4) is 5.88 Å². The summed E-state index contributed by atoms with van der Waals surface area (Å²) in [6.45, 7) is 1.08. The zero-order chi connectivity index (χ0) is 16.9. The summed E-state index contributed by atoms with van der Waals surface area (Å²) in [5, 5.41) is 2.93. The van der Waals surface area contributed by atoms with Crippen LogP contribution in [0.25, 0.3) is 0 Å². The number of piperidine rings is 1. The van der Waals surface area contributed by atoms with Gasteiger partial charge >= 0.3 is 0 Å². The van der Waals surface area contributed by atoms with Crippen molar-refractivity contribution < 1.29 is 14.3 Å². The number of amides is 2. The van der Waals surface area contributed by atoms with E-state index in [0.29, 0.717) is 25.4 Å². The Morgan fingerprint density at radius 2 is 2.17 bits per heavy atom.